The predicted octanol–water partition coefficient (Wildman–Crippen LogP) is 2.86. The van der Waals surface area contributed by atoms with Gasteiger partial charge in [0.2, 0.25) is 0 Å². The van der Waals surface area contributed by atoms with Crippen LogP contribution in [0.3, 0.4) is 0 Å². The number of nitrogens with zero attached hydrogens (tertiary/aromatic N) is 3. The molecule has 2 rings (SSSR count). The molecule has 0 atom stereocenters. The summed E-state index contributed by atoms with van der Waals surface area (Å²) < 4.78 is 10.3. The van der Waals surface area contributed by atoms with Gasteiger partial charge in [0.05, 0.1) is 19.9 Å². The minimum atomic E-state index is 0.348. The molecule has 1 aromatic carbocycles. The Morgan fingerprint density at radius 3 is 2.87 bits per heavy atom. The van der Waals surface area contributed by atoms with Gasteiger partial charge in [-0.25, -0.2) is 4.98 Å². The number of hydrazone groups is 1. The summed E-state index contributed by atoms with van der Waals surface area (Å²) in [5.74, 6) is 1.17. The molecule has 0 aliphatic rings. The Kier molecular flexibility index (Phi) is 5.67. The number of hydrogen-bond acceptors (Lipinski definition) is 6. The molecule has 118 valence electrons. The van der Waals surface area contributed by atoms with Crippen molar-refractivity contribution in [2.24, 2.45) is 5.10 Å². The van der Waals surface area contributed by atoms with Gasteiger partial charge in [-0.2, -0.15) is 10.4 Å². The molecular formula is C17H18N4O2. The fraction of sp³-hybridized carbons (Fsp3) is 0.235. The SMILES string of the molecule is COCc1cc(C)nc(NN=Cc2cccc(OC)c2)c1C#N. The molecule has 0 amide bonds. The van der Waals surface area contributed by atoms with Gasteiger partial charge in [0.25, 0.3) is 0 Å². The van der Waals surface area contributed by atoms with Gasteiger partial charge in [-0.15, -0.1) is 0 Å². The third kappa shape index (κ3) is 4.28. The van der Waals surface area contributed by atoms with Crippen LogP contribution >= 0.6 is 0 Å². The van der Waals surface area contributed by atoms with Crippen molar-refractivity contribution < 1.29 is 9.47 Å². The summed E-state index contributed by atoms with van der Waals surface area (Å²) in [6, 6.07) is 11.5. The molecule has 23 heavy (non-hydrogen) atoms. The first-order chi connectivity index (χ1) is 11.2. The topological polar surface area (TPSA) is 79.5 Å². The zero-order valence-corrected chi connectivity index (χ0v) is 13.3. The summed E-state index contributed by atoms with van der Waals surface area (Å²) >= 11 is 0. The van der Waals surface area contributed by atoms with Crippen molar-refractivity contribution in [3.63, 3.8) is 0 Å². The highest BCUT2D eigenvalue weighted by molar-refractivity contribution is 5.80. The average molecular weight is 310 g/mol. The molecule has 0 saturated heterocycles. The van der Waals surface area contributed by atoms with Gasteiger partial charge < -0.3 is 9.47 Å². The Morgan fingerprint density at radius 2 is 2.17 bits per heavy atom. The van der Waals surface area contributed by atoms with Crippen molar-refractivity contribution in [1.29, 1.82) is 5.26 Å². The molecule has 0 aliphatic carbocycles. The molecular weight excluding hydrogens is 292 g/mol. The van der Waals surface area contributed by atoms with Crippen LogP contribution in [-0.4, -0.2) is 25.4 Å². The van der Waals surface area contributed by atoms with Gasteiger partial charge in [-0.1, -0.05) is 12.1 Å². The number of pyridine rings is 1. The number of aromatic nitrogens is 1. The molecule has 1 heterocycles. The van der Waals surface area contributed by atoms with E-state index in [2.05, 4.69) is 21.6 Å². The maximum Gasteiger partial charge on any atom is 0.164 e. The summed E-state index contributed by atoms with van der Waals surface area (Å²) in [5, 5.41) is 13.5. The predicted molar refractivity (Wildman–Crippen MR) is 88.6 cm³/mol. The number of anilines is 1. The third-order valence-corrected chi connectivity index (χ3v) is 3.12. The van der Waals surface area contributed by atoms with E-state index in [1.54, 1.807) is 20.4 Å². The van der Waals surface area contributed by atoms with Crippen LogP contribution in [0.15, 0.2) is 35.4 Å². The first-order valence-corrected chi connectivity index (χ1v) is 7.00. The monoisotopic (exact) mass is 310 g/mol. The van der Waals surface area contributed by atoms with Crippen molar-refractivity contribution in [3.8, 4) is 11.8 Å². The van der Waals surface area contributed by atoms with E-state index in [-0.39, 0.29) is 0 Å². The molecule has 0 unspecified atom stereocenters. The van der Waals surface area contributed by atoms with Crippen molar-refractivity contribution in [3.05, 3.63) is 52.7 Å². The Hall–Kier alpha value is -2.91. The van der Waals surface area contributed by atoms with E-state index in [0.29, 0.717) is 18.0 Å². The van der Waals surface area contributed by atoms with E-state index in [4.69, 9.17) is 9.47 Å². The zero-order valence-electron chi connectivity index (χ0n) is 13.3. The number of rotatable bonds is 6. The Balaban J connectivity index is 2.22. The van der Waals surface area contributed by atoms with Crippen molar-refractivity contribution in [1.82, 2.24) is 4.98 Å². The number of aryl methyl sites for hydroxylation is 1. The third-order valence-electron chi connectivity index (χ3n) is 3.12. The summed E-state index contributed by atoms with van der Waals surface area (Å²) in [4.78, 5) is 4.32. The number of ether oxygens (including phenoxy) is 2. The van der Waals surface area contributed by atoms with Crippen LogP contribution < -0.4 is 10.2 Å². The van der Waals surface area contributed by atoms with Crippen LogP contribution in [0, 0.1) is 18.3 Å². The second-order valence-electron chi connectivity index (χ2n) is 4.84. The lowest BCUT2D eigenvalue weighted by atomic mass is 10.1. The van der Waals surface area contributed by atoms with E-state index < -0.39 is 0 Å². The lowest BCUT2D eigenvalue weighted by molar-refractivity contribution is 0.184. The van der Waals surface area contributed by atoms with Crippen LogP contribution in [0.25, 0.3) is 0 Å². The summed E-state index contributed by atoms with van der Waals surface area (Å²) in [6.45, 7) is 2.21. The molecule has 0 fully saturated rings. The van der Waals surface area contributed by atoms with E-state index in [1.165, 1.54) is 0 Å². The molecule has 6 nitrogen and oxygen atoms in total. The van der Waals surface area contributed by atoms with Gasteiger partial charge in [0.1, 0.15) is 17.4 Å². The standard InChI is InChI=1S/C17H18N4O2/c1-12-7-14(11-22-2)16(9-18)17(20-12)21-19-10-13-5-4-6-15(8-13)23-3/h4-8,10H,11H2,1-3H3,(H,20,21). The molecule has 1 N–H and O–H groups in total. The Morgan fingerprint density at radius 1 is 1.35 bits per heavy atom. The quantitative estimate of drug-likeness (QED) is 0.655. The largest absolute Gasteiger partial charge is 0.497 e. The van der Waals surface area contributed by atoms with Gasteiger partial charge in [-0.05, 0) is 30.7 Å². The first kappa shape index (κ1) is 16.5. The Bertz CT molecular complexity index is 751. The number of benzene rings is 1. The number of nitrogens with one attached hydrogen (secondary N) is 1. The maximum atomic E-state index is 9.35. The van der Waals surface area contributed by atoms with Crippen LogP contribution in [0.4, 0.5) is 5.82 Å². The second-order valence-corrected chi connectivity index (χ2v) is 4.84. The van der Waals surface area contributed by atoms with Crippen molar-refractivity contribution in [2.45, 2.75) is 13.5 Å². The molecule has 2 aromatic rings. The van der Waals surface area contributed by atoms with E-state index in [0.717, 1.165) is 22.6 Å². The molecule has 0 aliphatic heterocycles. The Labute approximate surface area is 135 Å². The van der Waals surface area contributed by atoms with Crippen LogP contribution in [0.2, 0.25) is 0 Å². The molecule has 6 heteroatoms. The smallest absolute Gasteiger partial charge is 0.164 e. The van der Waals surface area contributed by atoms with E-state index in [1.807, 2.05) is 37.3 Å². The number of methoxy groups -OCH3 is 2. The highest BCUT2D eigenvalue weighted by atomic mass is 16.5. The van der Waals surface area contributed by atoms with E-state index in [9.17, 15) is 5.26 Å². The molecule has 0 spiro atoms. The van der Waals surface area contributed by atoms with E-state index >= 15 is 0 Å². The highest BCUT2D eigenvalue weighted by Crippen LogP contribution is 2.19. The minimum Gasteiger partial charge on any atom is -0.497 e. The lowest BCUT2D eigenvalue weighted by Gasteiger charge is -2.09. The van der Waals surface area contributed by atoms with Gasteiger partial charge >= 0.3 is 0 Å². The number of nitriles is 1. The van der Waals surface area contributed by atoms with Crippen LogP contribution in [-0.2, 0) is 11.3 Å². The van der Waals surface area contributed by atoms with Gasteiger partial charge in [0, 0.05) is 18.4 Å². The summed E-state index contributed by atoms with van der Waals surface area (Å²) in [6.07, 6.45) is 1.64. The van der Waals surface area contributed by atoms with Gasteiger partial charge in [0.15, 0.2) is 5.82 Å². The van der Waals surface area contributed by atoms with Crippen molar-refractivity contribution in [2.75, 3.05) is 19.6 Å². The normalized spacial score (nSPS) is 10.5. The second kappa shape index (κ2) is 7.92. The molecule has 0 radical (unpaired) electrons. The fourth-order valence-corrected chi connectivity index (χ4v) is 2.11. The van der Waals surface area contributed by atoms with Crippen LogP contribution in [0.5, 0.6) is 5.75 Å². The zero-order chi connectivity index (χ0) is 16.7. The number of hydrogen-bond donors (Lipinski definition) is 1. The molecule has 0 saturated carbocycles. The average Bonchev–Trinajstić information content (AvgIpc) is 2.55. The maximum absolute atomic E-state index is 9.35. The van der Waals surface area contributed by atoms with Crippen molar-refractivity contribution >= 4 is 12.0 Å². The van der Waals surface area contributed by atoms with Crippen LogP contribution in [0.1, 0.15) is 22.4 Å². The minimum absolute atomic E-state index is 0.348. The molecule has 0 bridgehead atoms. The highest BCUT2D eigenvalue weighted by Gasteiger charge is 2.10. The first-order valence-electron chi connectivity index (χ1n) is 7.00. The lowest BCUT2D eigenvalue weighted by Crippen LogP contribution is -2.03. The van der Waals surface area contributed by atoms with Gasteiger partial charge in [-0.3, -0.25) is 5.43 Å². The summed E-state index contributed by atoms with van der Waals surface area (Å²) in [5.41, 5.74) is 5.70. The fourth-order valence-electron chi connectivity index (χ4n) is 2.11. The summed E-state index contributed by atoms with van der Waals surface area (Å²) in [7, 11) is 3.20. The molecule has 1 aromatic heterocycles.